The van der Waals surface area contributed by atoms with Crippen LogP contribution < -0.4 is 21.7 Å². The van der Waals surface area contributed by atoms with E-state index in [1.807, 2.05) is 54.3 Å². The molecule has 1 spiro atoms. The summed E-state index contributed by atoms with van der Waals surface area (Å²) in [5.74, 6) is 0.323. The second-order valence-electron chi connectivity index (χ2n) is 8.01. The summed E-state index contributed by atoms with van der Waals surface area (Å²) in [5, 5.41) is 3.03. The van der Waals surface area contributed by atoms with Crippen molar-refractivity contribution in [3.63, 3.8) is 0 Å². The molecule has 0 aromatic heterocycles. The van der Waals surface area contributed by atoms with Gasteiger partial charge in [-0.05, 0) is 50.3 Å². The van der Waals surface area contributed by atoms with E-state index >= 15 is 0 Å². The molecule has 1 fully saturated rings. The largest absolute Gasteiger partial charge is 0.369 e. The van der Waals surface area contributed by atoms with Crippen molar-refractivity contribution >= 4 is 23.5 Å². The lowest BCUT2D eigenvalue weighted by Crippen LogP contribution is -2.58. The van der Waals surface area contributed by atoms with Gasteiger partial charge in [0.2, 0.25) is 11.9 Å². The number of aryl methyl sites for hydroxylation is 1. The Labute approximate surface area is 176 Å². The number of rotatable bonds is 4. The fourth-order valence-electron chi connectivity index (χ4n) is 4.43. The fourth-order valence-corrected chi connectivity index (χ4v) is 4.43. The van der Waals surface area contributed by atoms with Crippen molar-refractivity contribution in [3.8, 4) is 0 Å². The molecule has 1 saturated carbocycles. The van der Waals surface area contributed by atoms with Gasteiger partial charge in [-0.15, -0.1) is 0 Å². The topological polar surface area (TPSA) is 109 Å². The number of nitrogens with one attached hydrogen (secondary N) is 1. The summed E-state index contributed by atoms with van der Waals surface area (Å²) < 4.78 is 0. The summed E-state index contributed by atoms with van der Waals surface area (Å²) in [5.41, 5.74) is 15.2. The maximum atomic E-state index is 13.1. The number of anilines is 1. The zero-order chi connectivity index (χ0) is 21.1. The molecule has 1 aliphatic heterocycles. The number of nitrogens with zero attached hydrogens (tertiary/aromatic N) is 3. The highest BCUT2D eigenvalue weighted by Crippen LogP contribution is 2.40. The predicted molar refractivity (Wildman–Crippen MR) is 120 cm³/mol. The fraction of sp³-hybridized carbons (Fsp3) is 0.348. The SMILES string of the molecule is Cc1cccc(CNC(=O)c2ccccc2N2C(N)=NC(N)=NC23CCCCC3)c1. The van der Waals surface area contributed by atoms with Gasteiger partial charge >= 0.3 is 0 Å². The Balaban J connectivity index is 1.65. The average molecular weight is 405 g/mol. The Bertz CT molecular complexity index is 1010. The third kappa shape index (κ3) is 3.87. The molecule has 0 radical (unpaired) electrons. The van der Waals surface area contributed by atoms with Gasteiger partial charge in [0.25, 0.3) is 5.91 Å². The smallest absolute Gasteiger partial charge is 0.253 e. The lowest BCUT2D eigenvalue weighted by atomic mass is 9.87. The second-order valence-corrected chi connectivity index (χ2v) is 8.01. The quantitative estimate of drug-likeness (QED) is 0.727. The molecule has 2 aromatic carbocycles. The third-order valence-corrected chi connectivity index (χ3v) is 5.78. The first-order valence-electron chi connectivity index (χ1n) is 10.4. The molecule has 2 aliphatic rings. The van der Waals surface area contributed by atoms with Gasteiger partial charge in [0.1, 0.15) is 5.66 Å². The number of para-hydroxylation sites is 1. The average Bonchev–Trinajstić information content (AvgIpc) is 2.72. The van der Waals surface area contributed by atoms with Gasteiger partial charge in [-0.3, -0.25) is 9.69 Å². The Kier molecular flexibility index (Phi) is 5.44. The van der Waals surface area contributed by atoms with Crippen LogP contribution >= 0.6 is 0 Å². The molecular formula is C23H28N6O. The molecule has 7 nitrogen and oxygen atoms in total. The Morgan fingerprint density at radius 3 is 2.63 bits per heavy atom. The second kappa shape index (κ2) is 8.18. The first-order valence-corrected chi connectivity index (χ1v) is 10.4. The van der Waals surface area contributed by atoms with Crippen LogP contribution in [0.3, 0.4) is 0 Å². The molecule has 4 rings (SSSR count). The predicted octanol–water partition coefficient (Wildman–Crippen LogP) is 3.03. The van der Waals surface area contributed by atoms with Crippen molar-refractivity contribution in [3.05, 3.63) is 65.2 Å². The zero-order valence-electron chi connectivity index (χ0n) is 17.3. The molecule has 156 valence electrons. The van der Waals surface area contributed by atoms with Crippen molar-refractivity contribution in [2.24, 2.45) is 21.5 Å². The number of amides is 1. The van der Waals surface area contributed by atoms with Crippen molar-refractivity contribution in [1.29, 1.82) is 0 Å². The minimum Gasteiger partial charge on any atom is -0.369 e. The van der Waals surface area contributed by atoms with E-state index in [4.69, 9.17) is 16.5 Å². The molecule has 0 saturated heterocycles. The molecule has 1 amide bonds. The Morgan fingerprint density at radius 2 is 1.87 bits per heavy atom. The van der Waals surface area contributed by atoms with Crippen LogP contribution in [-0.4, -0.2) is 23.5 Å². The van der Waals surface area contributed by atoms with E-state index in [1.54, 1.807) is 0 Å². The van der Waals surface area contributed by atoms with E-state index in [0.29, 0.717) is 17.8 Å². The monoisotopic (exact) mass is 404 g/mol. The number of carbonyl (C=O) groups is 1. The number of guanidine groups is 2. The molecule has 1 heterocycles. The van der Waals surface area contributed by atoms with E-state index in [9.17, 15) is 4.79 Å². The van der Waals surface area contributed by atoms with Gasteiger partial charge in [-0.1, -0.05) is 48.4 Å². The molecule has 0 unspecified atom stereocenters. The molecule has 5 N–H and O–H groups in total. The van der Waals surface area contributed by atoms with Crippen LogP contribution in [-0.2, 0) is 6.54 Å². The van der Waals surface area contributed by atoms with Crippen molar-refractivity contribution in [1.82, 2.24) is 5.32 Å². The highest BCUT2D eigenvalue weighted by Gasteiger charge is 2.43. The third-order valence-electron chi connectivity index (χ3n) is 5.78. The van der Waals surface area contributed by atoms with Crippen LogP contribution in [0, 0.1) is 6.92 Å². The van der Waals surface area contributed by atoms with Gasteiger partial charge in [0.15, 0.2) is 0 Å². The van der Waals surface area contributed by atoms with Crippen LogP contribution in [0.5, 0.6) is 0 Å². The maximum Gasteiger partial charge on any atom is 0.253 e. The van der Waals surface area contributed by atoms with Crippen LogP contribution in [0.15, 0.2) is 58.5 Å². The standard InChI is InChI=1S/C23H28N6O/c1-16-8-7-9-17(14-16)15-26-20(30)18-10-3-4-11-19(18)29-22(25)27-21(24)28-23(29)12-5-2-6-13-23/h3-4,7-11,14H,2,5-6,12-13,15H2,1H3,(H,26,30)(H4,24,25,27,28). The first kappa shape index (κ1) is 19.9. The Hall–Kier alpha value is -3.35. The number of aliphatic imine (C=N–C) groups is 2. The molecular weight excluding hydrogens is 376 g/mol. The van der Waals surface area contributed by atoms with Crippen LogP contribution in [0.1, 0.15) is 53.6 Å². The van der Waals surface area contributed by atoms with E-state index in [-0.39, 0.29) is 17.8 Å². The van der Waals surface area contributed by atoms with Crippen molar-refractivity contribution in [2.75, 3.05) is 4.90 Å². The normalized spacial score (nSPS) is 18.0. The molecule has 0 atom stereocenters. The van der Waals surface area contributed by atoms with Gasteiger partial charge in [-0.25, -0.2) is 4.99 Å². The molecule has 1 aliphatic carbocycles. The first-order chi connectivity index (χ1) is 14.5. The van der Waals surface area contributed by atoms with Gasteiger partial charge in [0.05, 0.1) is 11.3 Å². The number of benzene rings is 2. The summed E-state index contributed by atoms with van der Waals surface area (Å²) in [7, 11) is 0. The van der Waals surface area contributed by atoms with Crippen molar-refractivity contribution in [2.45, 2.75) is 51.2 Å². The van der Waals surface area contributed by atoms with Crippen LogP contribution in [0.25, 0.3) is 0 Å². The van der Waals surface area contributed by atoms with E-state index < -0.39 is 5.66 Å². The molecule has 7 heteroatoms. The van der Waals surface area contributed by atoms with Crippen LogP contribution in [0.2, 0.25) is 0 Å². The van der Waals surface area contributed by atoms with Gasteiger partial charge < -0.3 is 16.8 Å². The summed E-state index contributed by atoms with van der Waals surface area (Å²) in [4.78, 5) is 24.0. The number of carbonyl (C=O) groups excluding carboxylic acids is 1. The number of hydrogen-bond donors (Lipinski definition) is 3. The minimum atomic E-state index is -0.582. The Morgan fingerprint density at radius 1 is 1.10 bits per heavy atom. The number of nitrogens with two attached hydrogens (primary N) is 2. The van der Waals surface area contributed by atoms with E-state index in [1.165, 1.54) is 0 Å². The maximum absolute atomic E-state index is 13.1. The molecule has 2 aromatic rings. The molecule has 0 bridgehead atoms. The molecule has 30 heavy (non-hydrogen) atoms. The van der Waals surface area contributed by atoms with Crippen molar-refractivity contribution < 1.29 is 4.79 Å². The highest BCUT2D eigenvalue weighted by atomic mass is 16.1. The summed E-state index contributed by atoms with van der Waals surface area (Å²) in [6.07, 6.45) is 4.86. The van der Waals surface area contributed by atoms with Gasteiger partial charge in [-0.2, -0.15) is 4.99 Å². The summed E-state index contributed by atoms with van der Waals surface area (Å²) in [6.45, 7) is 2.49. The lowest BCUT2D eigenvalue weighted by Gasteiger charge is -2.46. The summed E-state index contributed by atoms with van der Waals surface area (Å²) >= 11 is 0. The lowest BCUT2D eigenvalue weighted by molar-refractivity contribution is 0.0951. The minimum absolute atomic E-state index is 0.159. The highest BCUT2D eigenvalue weighted by molar-refractivity contribution is 6.10. The number of hydrogen-bond acceptors (Lipinski definition) is 6. The summed E-state index contributed by atoms with van der Waals surface area (Å²) in [6, 6.07) is 15.6. The zero-order valence-corrected chi connectivity index (χ0v) is 17.3. The van der Waals surface area contributed by atoms with Gasteiger partial charge in [0, 0.05) is 6.54 Å². The van der Waals surface area contributed by atoms with Crippen LogP contribution in [0.4, 0.5) is 5.69 Å². The van der Waals surface area contributed by atoms with E-state index in [2.05, 4.69) is 16.4 Å². The van der Waals surface area contributed by atoms with E-state index in [0.717, 1.165) is 43.2 Å².